The number of aromatic nitrogens is 1. The maximum atomic E-state index is 12.0. The average Bonchev–Trinajstić information content (AvgIpc) is 3.04. The number of carbonyl (C=O) groups excluding carboxylic acids is 1. The molecule has 1 atom stereocenters. The molecule has 6 heteroatoms. The van der Waals surface area contributed by atoms with Crippen LogP contribution in [0.25, 0.3) is 11.1 Å². The first-order valence-electron chi connectivity index (χ1n) is 7.38. The van der Waals surface area contributed by atoms with Gasteiger partial charge in [0.25, 0.3) is 0 Å². The Hall–Kier alpha value is -2.24. The highest BCUT2D eigenvalue weighted by Gasteiger charge is 2.30. The van der Waals surface area contributed by atoms with Crippen molar-refractivity contribution < 1.29 is 18.7 Å². The standard InChI is InChI=1S/C16H20N2O4/c1-16(2,3)22-15(19)18-7-6-12(9-18)21-11-4-5-14-13(8-11)17-10-20-14/h4-5,8,10,12H,6-7,9H2,1-3H3. The van der Waals surface area contributed by atoms with E-state index in [1.807, 2.05) is 39.0 Å². The van der Waals surface area contributed by atoms with E-state index in [-0.39, 0.29) is 12.2 Å². The summed E-state index contributed by atoms with van der Waals surface area (Å²) in [6.45, 7) is 6.77. The summed E-state index contributed by atoms with van der Waals surface area (Å²) in [5, 5.41) is 0. The van der Waals surface area contributed by atoms with Gasteiger partial charge >= 0.3 is 6.09 Å². The maximum absolute atomic E-state index is 12.0. The van der Waals surface area contributed by atoms with Crippen LogP contribution in [0.3, 0.4) is 0 Å². The lowest BCUT2D eigenvalue weighted by atomic mass is 10.2. The Kier molecular flexibility index (Phi) is 3.68. The van der Waals surface area contributed by atoms with Gasteiger partial charge in [-0.15, -0.1) is 0 Å². The molecule has 0 aliphatic carbocycles. The number of hydrogen-bond acceptors (Lipinski definition) is 5. The molecule has 1 fully saturated rings. The first-order chi connectivity index (χ1) is 10.4. The third-order valence-corrected chi connectivity index (χ3v) is 3.40. The molecule has 1 aliphatic rings. The Morgan fingerprint density at radius 1 is 1.41 bits per heavy atom. The predicted octanol–water partition coefficient (Wildman–Crippen LogP) is 3.22. The molecule has 2 heterocycles. The van der Waals surface area contributed by atoms with Gasteiger partial charge in [-0.2, -0.15) is 0 Å². The maximum Gasteiger partial charge on any atom is 0.410 e. The van der Waals surface area contributed by atoms with Gasteiger partial charge in [0.05, 0.1) is 6.54 Å². The Bertz CT molecular complexity index is 674. The molecule has 118 valence electrons. The minimum absolute atomic E-state index is 0.0307. The minimum Gasteiger partial charge on any atom is -0.488 e. The van der Waals surface area contributed by atoms with Gasteiger partial charge in [-0.25, -0.2) is 9.78 Å². The summed E-state index contributed by atoms with van der Waals surface area (Å²) in [6, 6.07) is 5.52. The van der Waals surface area contributed by atoms with Crippen LogP contribution in [0.2, 0.25) is 0 Å². The fourth-order valence-electron chi connectivity index (χ4n) is 2.42. The van der Waals surface area contributed by atoms with E-state index < -0.39 is 5.60 Å². The SMILES string of the molecule is CC(C)(C)OC(=O)N1CCC(Oc2ccc3ocnc3c2)C1. The van der Waals surface area contributed by atoms with E-state index >= 15 is 0 Å². The summed E-state index contributed by atoms with van der Waals surface area (Å²) in [6.07, 6.45) is 1.88. The largest absolute Gasteiger partial charge is 0.488 e. The van der Waals surface area contributed by atoms with E-state index in [0.717, 1.165) is 23.3 Å². The molecule has 1 aliphatic heterocycles. The molecule has 1 aromatic carbocycles. The van der Waals surface area contributed by atoms with E-state index in [9.17, 15) is 4.79 Å². The van der Waals surface area contributed by atoms with Crippen LogP contribution in [-0.4, -0.2) is 40.8 Å². The summed E-state index contributed by atoms with van der Waals surface area (Å²) in [5.41, 5.74) is 1.02. The van der Waals surface area contributed by atoms with E-state index in [1.165, 1.54) is 6.39 Å². The highest BCUT2D eigenvalue weighted by Crippen LogP contribution is 2.23. The summed E-state index contributed by atoms with van der Waals surface area (Å²) >= 11 is 0. The molecule has 0 radical (unpaired) electrons. The molecule has 1 amide bonds. The van der Waals surface area contributed by atoms with E-state index in [1.54, 1.807) is 4.90 Å². The average molecular weight is 304 g/mol. The van der Waals surface area contributed by atoms with Gasteiger partial charge < -0.3 is 18.8 Å². The molecule has 0 saturated carbocycles. The smallest absolute Gasteiger partial charge is 0.410 e. The topological polar surface area (TPSA) is 64.8 Å². The summed E-state index contributed by atoms with van der Waals surface area (Å²) in [7, 11) is 0. The molecule has 0 N–H and O–H groups in total. The number of oxazole rings is 1. The number of ether oxygens (including phenoxy) is 2. The Balaban J connectivity index is 1.59. The minimum atomic E-state index is -0.478. The van der Waals surface area contributed by atoms with Crippen molar-refractivity contribution in [3.05, 3.63) is 24.6 Å². The first-order valence-corrected chi connectivity index (χ1v) is 7.38. The van der Waals surface area contributed by atoms with Crippen molar-refractivity contribution in [2.75, 3.05) is 13.1 Å². The summed E-state index contributed by atoms with van der Waals surface area (Å²) in [5.74, 6) is 0.734. The Morgan fingerprint density at radius 2 is 2.23 bits per heavy atom. The molecular formula is C16H20N2O4. The summed E-state index contributed by atoms with van der Waals surface area (Å²) < 4.78 is 16.5. The second-order valence-electron chi connectivity index (χ2n) is 6.44. The zero-order valence-electron chi connectivity index (χ0n) is 13.0. The van der Waals surface area contributed by atoms with E-state index in [2.05, 4.69) is 4.98 Å². The van der Waals surface area contributed by atoms with Gasteiger partial charge in [0, 0.05) is 19.0 Å². The molecule has 0 spiro atoms. The molecule has 1 unspecified atom stereocenters. The second-order valence-corrected chi connectivity index (χ2v) is 6.44. The number of amides is 1. The Morgan fingerprint density at radius 3 is 3.00 bits per heavy atom. The number of nitrogens with zero attached hydrogens (tertiary/aromatic N) is 2. The van der Waals surface area contributed by atoms with Crippen molar-refractivity contribution in [1.82, 2.24) is 9.88 Å². The van der Waals surface area contributed by atoms with Crippen molar-refractivity contribution in [3.63, 3.8) is 0 Å². The van der Waals surface area contributed by atoms with Crippen molar-refractivity contribution >= 4 is 17.2 Å². The monoisotopic (exact) mass is 304 g/mol. The van der Waals surface area contributed by atoms with Gasteiger partial charge in [-0.3, -0.25) is 0 Å². The highest BCUT2D eigenvalue weighted by atomic mass is 16.6. The van der Waals surface area contributed by atoms with Crippen molar-refractivity contribution in [3.8, 4) is 5.75 Å². The lowest BCUT2D eigenvalue weighted by Gasteiger charge is -2.24. The number of rotatable bonds is 2. The van der Waals surface area contributed by atoms with Crippen LogP contribution in [0.15, 0.2) is 29.0 Å². The van der Waals surface area contributed by atoms with Crippen LogP contribution in [0.5, 0.6) is 5.75 Å². The molecule has 6 nitrogen and oxygen atoms in total. The normalized spacial score (nSPS) is 18.7. The first kappa shape index (κ1) is 14.7. The van der Waals surface area contributed by atoms with Crippen LogP contribution < -0.4 is 4.74 Å². The molecule has 1 saturated heterocycles. The van der Waals surface area contributed by atoms with Crippen LogP contribution in [-0.2, 0) is 4.74 Å². The van der Waals surface area contributed by atoms with Crippen LogP contribution in [0.4, 0.5) is 4.79 Å². The summed E-state index contributed by atoms with van der Waals surface area (Å²) in [4.78, 5) is 17.8. The fraction of sp³-hybridized carbons (Fsp3) is 0.500. The van der Waals surface area contributed by atoms with E-state index in [0.29, 0.717) is 13.1 Å². The van der Waals surface area contributed by atoms with Crippen molar-refractivity contribution in [2.24, 2.45) is 0 Å². The molecule has 3 rings (SSSR count). The highest BCUT2D eigenvalue weighted by molar-refractivity contribution is 5.73. The van der Waals surface area contributed by atoms with Crippen LogP contribution in [0.1, 0.15) is 27.2 Å². The van der Waals surface area contributed by atoms with Gasteiger partial charge in [0.2, 0.25) is 0 Å². The van der Waals surface area contributed by atoms with Crippen molar-refractivity contribution in [2.45, 2.75) is 38.9 Å². The molecule has 0 bridgehead atoms. The number of benzene rings is 1. The van der Waals surface area contributed by atoms with Crippen molar-refractivity contribution in [1.29, 1.82) is 0 Å². The number of likely N-dealkylation sites (tertiary alicyclic amines) is 1. The van der Waals surface area contributed by atoms with Crippen LogP contribution in [0, 0.1) is 0 Å². The zero-order chi connectivity index (χ0) is 15.7. The third kappa shape index (κ3) is 3.32. The lowest BCUT2D eigenvalue weighted by Crippen LogP contribution is -2.36. The predicted molar refractivity (Wildman–Crippen MR) is 80.8 cm³/mol. The van der Waals surface area contributed by atoms with E-state index in [4.69, 9.17) is 13.9 Å². The lowest BCUT2D eigenvalue weighted by molar-refractivity contribution is 0.0275. The van der Waals surface area contributed by atoms with Crippen LogP contribution >= 0.6 is 0 Å². The molecule has 2 aromatic rings. The number of carbonyl (C=O) groups is 1. The van der Waals surface area contributed by atoms with Gasteiger partial charge in [-0.1, -0.05) is 0 Å². The third-order valence-electron chi connectivity index (χ3n) is 3.40. The number of fused-ring (bicyclic) bond motifs is 1. The van der Waals surface area contributed by atoms with Gasteiger partial charge in [-0.05, 0) is 32.9 Å². The number of hydrogen-bond donors (Lipinski definition) is 0. The quantitative estimate of drug-likeness (QED) is 0.852. The zero-order valence-corrected chi connectivity index (χ0v) is 13.0. The molecular weight excluding hydrogens is 284 g/mol. The molecule has 1 aromatic heterocycles. The Labute approximate surface area is 129 Å². The second kappa shape index (κ2) is 5.51. The molecule has 22 heavy (non-hydrogen) atoms. The fourth-order valence-corrected chi connectivity index (χ4v) is 2.42. The van der Waals surface area contributed by atoms with Gasteiger partial charge in [0.15, 0.2) is 12.0 Å². The van der Waals surface area contributed by atoms with Gasteiger partial charge in [0.1, 0.15) is 23.0 Å².